The second-order valence-corrected chi connectivity index (χ2v) is 6.99. The molecule has 0 radical (unpaired) electrons. The molecule has 4 N–H and O–H groups in total. The summed E-state index contributed by atoms with van der Waals surface area (Å²) >= 11 is 3.20. The number of aryl methyl sites for hydroxylation is 1. The first-order chi connectivity index (χ1) is 11.4. The number of hydrazine groups is 2. The molecule has 0 aliphatic heterocycles. The number of aliphatic imine (C=N–C) groups is 1. The molecule has 1 aromatic rings. The summed E-state index contributed by atoms with van der Waals surface area (Å²) in [6, 6.07) is 5.19. The number of rotatable bonds is 6. The minimum Gasteiger partial charge on any atom is -0.383 e. The Hall–Kier alpha value is -1.26. The van der Waals surface area contributed by atoms with Crippen molar-refractivity contribution in [3.63, 3.8) is 0 Å². The van der Waals surface area contributed by atoms with Crippen LogP contribution in [-0.4, -0.2) is 49.0 Å². The molecule has 0 bridgehead atoms. The number of carbonyl (C=O) groups is 1. The third kappa shape index (κ3) is 5.99. The summed E-state index contributed by atoms with van der Waals surface area (Å²) in [6.07, 6.45) is 1.99. The van der Waals surface area contributed by atoms with E-state index < -0.39 is 6.03 Å². The predicted molar refractivity (Wildman–Crippen MR) is 104 cm³/mol. The van der Waals surface area contributed by atoms with Crippen molar-refractivity contribution in [1.29, 1.82) is 0 Å². The summed E-state index contributed by atoms with van der Waals surface area (Å²) in [6.45, 7) is 3.21. The number of carbonyl (C=O) groups excluding carboxylic acids is 1. The van der Waals surface area contributed by atoms with Crippen molar-refractivity contribution in [2.45, 2.75) is 12.7 Å². The molecule has 9 heteroatoms. The van der Waals surface area contributed by atoms with Gasteiger partial charge in [0.25, 0.3) is 0 Å². The van der Waals surface area contributed by atoms with Crippen LogP contribution in [0.2, 0.25) is 0 Å². The molecule has 0 aliphatic carbocycles. The number of hydrogen-bond acceptors (Lipinski definition) is 7. The molecule has 0 atom stereocenters. The van der Waals surface area contributed by atoms with Crippen LogP contribution >= 0.6 is 23.5 Å². The van der Waals surface area contributed by atoms with Crippen LogP contribution < -0.4 is 16.7 Å². The van der Waals surface area contributed by atoms with Crippen LogP contribution in [-0.2, 0) is 10.5 Å². The van der Waals surface area contributed by atoms with Crippen molar-refractivity contribution in [2.75, 3.05) is 38.6 Å². The summed E-state index contributed by atoms with van der Waals surface area (Å²) in [5.74, 6) is 12.1. The van der Waals surface area contributed by atoms with Gasteiger partial charge in [-0.2, -0.15) is 0 Å². The smallest absolute Gasteiger partial charge is 0.352 e. The van der Waals surface area contributed by atoms with Crippen molar-refractivity contribution >= 4 is 39.6 Å². The van der Waals surface area contributed by atoms with Gasteiger partial charge in [0.15, 0.2) is 0 Å². The van der Waals surface area contributed by atoms with E-state index in [0.29, 0.717) is 24.6 Å². The molecule has 2 amide bonds. The summed E-state index contributed by atoms with van der Waals surface area (Å²) in [4.78, 5) is 16.5. The van der Waals surface area contributed by atoms with Gasteiger partial charge in [0, 0.05) is 19.9 Å². The number of nitrogens with zero attached hydrogens (tertiary/aromatic N) is 3. The number of amides is 2. The number of urea groups is 1. The van der Waals surface area contributed by atoms with E-state index in [9.17, 15) is 4.79 Å². The van der Waals surface area contributed by atoms with Crippen LogP contribution in [0.4, 0.5) is 10.5 Å². The highest BCUT2D eigenvalue weighted by molar-refractivity contribution is 8.38. The number of hydrogen-bond donors (Lipinski definition) is 2. The lowest BCUT2D eigenvalue weighted by Crippen LogP contribution is -2.49. The molecule has 0 heterocycles. The van der Waals surface area contributed by atoms with E-state index in [-0.39, 0.29) is 0 Å². The van der Waals surface area contributed by atoms with Gasteiger partial charge in [-0.3, -0.25) is 10.0 Å². The van der Waals surface area contributed by atoms with Gasteiger partial charge < -0.3 is 4.74 Å². The molecule has 24 heavy (non-hydrogen) atoms. The van der Waals surface area contributed by atoms with Crippen LogP contribution in [0.15, 0.2) is 23.2 Å². The minimum atomic E-state index is -0.481. The van der Waals surface area contributed by atoms with Gasteiger partial charge in [-0.05, 0) is 30.4 Å². The van der Waals surface area contributed by atoms with Crippen LogP contribution in [0.25, 0.3) is 0 Å². The summed E-state index contributed by atoms with van der Waals surface area (Å²) in [5, 5.41) is 2.03. The summed E-state index contributed by atoms with van der Waals surface area (Å²) in [7, 11) is 3.11. The maximum Gasteiger partial charge on any atom is 0.352 e. The minimum absolute atomic E-state index is 0.481. The zero-order valence-electron chi connectivity index (χ0n) is 14.5. The molecular formula is C15H25N5O2S2. The van der Waals surface area contributed by atoms with E-state index >= 15 is 0 Å². The molecule has 0 aliphatic rings. The van der Waals surface area contributed by atoms with E-state index in [0.717, 1.165) is 25.5 Å². The van der Waals surface area contributed by atoms with Crippen molar-refractivity contribution in [3.8, 4) is 0 Å². The number of thioether (sulfide) groups is 2. The number of nitrogens with two attached hydrogens (primary N) is 2. The predicted octanol–water partition coefficient (Wildman–Crippen LogP) is 2.20. The first kappa shape index (κ1) is 20.8. The molecule has 0 aromatic heterocycles. The lowest BCUT2D eigenvalue weighted by molar-refractivity contribution is 0.208. The Kier molecular flexibility index (Phi) is 9.16. The number of benzene rings is 1. The first-order valence-electron chi connectivity index (χ1n) is 7.28. The molecule has 7 nitrogen and oxygen atoms in total. The topological polar surface area (TPSA) is 97.2 Å². The van der Waals surface area contributed by atoms with Crippen LogP contribution in [0.3, 0.4) is 0 Å². The number of anilines is 1. The van der Waals surface area contributed by atoms with Crippen molar-refractivity contribution in [1.82, 2.24) is 5.01 Å². The lowest BCUT2D eigenvalue weighted by Gasteiger charge is -2.24. The standard InChI is InChI=1S/C15H25N5O2S2/c1-11-6-5-7-13(20(17)15(21)19(2)16)12(11)10-24-14(23-4)18-8-9-22-3/h5-7H,8-10,16-17H2,1-4H3. The molecule has 1 rings (SSSR count). The van der Waals surface area contributed by atoms with Crippen LogP contribution in [0, 0.1) is 6.92 Å². The van der Waals surface area contributed by atoms with Crippen LogP contribution in [0.1, 0.15) is 11.1 Å². The maximum atomic E-state index is 12.0. The highest BCUT2D eigenvalue weighted by Gasteiger charge is 2.19. The van der Waals surface area contributed by atoms with Gasteiger partial charge in [-0.25, -0.2) is 21.5 Å². The van der Waals surface area contributed by atoms with Gasteiger partial charge in [0.05, 0.1) is 18.8 Å². The third-order valence-electron chi connectivity index (χ3n) is 3.20. The quantitative estimate of drug-likeness (QED) is 0.199. The third-order valence-corrected chi connectivity index (χ3v) is 5.34. The fourth-order valence-corrected chi connectivity index (χ4v) is 3.60. The second kappa shape index (κ2) is 10.6. The zero-order valence-corrected chi connectivity index (χ0v) is 16.1. The maximum absolute atomic E-state index is 12.0. The largest absolute Gasteiger partial charge is 0.383 e. The van der Waals surface area contributed by atoms with Gasteiger partial charge in [0.1, 0.15) is 4.38 Å². The van der Waals surface area contributed by atoms with Gasteiger partial charge in [0.2, 0.25) is 0 Å². The molecule has 1 aromatic carbocycles. The monoisotopic (exact) mass is 371 g/mol. The Morgan fingerprint density at radius 1 is 1.38 bits per heavy atom. The van der Waals surface area contributed by atoms with Gasteiger partial charge >= 0.3 is 6.03 Å². The molecule has 0 saturated heterocycles. The Labute approximate surface area is 151 Å². The van der Waals surface area contributed by atoms with E-state index in [1.54, 1.807) is 30.6 Å². The van der Waals surface area contributed by atoms with Crippen molar-refractivity contribution < 1.29 is 9.53 Å². The first-order valence-corrected chi connectivity index (χ1v) is 9.49. The Morgan fingerprint density at radius 2 is 2.08 bits per heavy atom. The Bertz CT molecular complexity index is 581. The van der Waals surface area contributed by atoms with Gasteiger partial charge in [-0.1, -0.05) is 23.9 Å². The zero-order chi connectivity index (χ0) is 18.1. The second-order valence-electron chi connectivity index (χ2n) is 4.97. The van der Waals surface area contributed by atoms with Crippen molar-refractivity contribution in [2.24, 2.45) is 16.7 Å². The van der Waals surface area contributed by atoms with Gasteiger partial charge in [-0.15, -0.1) is 11.8 Å². The summed E-state index contributed by atoms with van der Waals surface area (Å²) in [5.41, 5.74) is 2.68. The highest BCUT2D eigenvalue weighted by atomic mass is 32.2. The molecule has 0 spiro atoms. The average molecular weight is 372 g/mol. The normalized spacial score (nSPS) is 11.5. The highest BCUT2D eigenvalue weighted by Crippen LogP contribution is 2.29. The molecule has 0 saturated carbocycles. The molecule has 134 valence electrons. The number of ether oxygens (including phenoxy) is 1. The van der Waals surface area contributed by atoms with E-state index in [2.05, 4.69) is 4.99 Å². The lowest BCUT2D eigenvalue weighted by atomic mass is 10.1. The van der Waals surface area contributed by atoms with Crippen LogP contribution in [0.5, 0.6) is 0 Å². The summed E-state index contributed by atoms with van der Waals surface area (Å²) < 4.78 is 5.98. The Balaban J connectivity index is 2.95. The fraction of sp³-hybridized carbons (Fsp3) is 0.467. The SMILES string of the molecule is COCCN=C(SC)SCc1c(C)cccc1N(N)C(=O)N(C)N. The van der Waals surface area contributed by atoms with E-state index in [4.69, 9.17) is 16.4 Å². The average Bonchev–Trinajstić information content (AvgIpc) is 2.57. The Morgan fingerprint density at radius 3 is 2.67 bits per heavy atom. The molecule has 0 unspecified atom stereocenters. The molecular weight excluding hydrogens is 346 g/mol. The molecule has 0 fully saturated rings. The van der Waals surface area contributed by atoms with E-state index in [1.165, 1.54) is 7.05 Å². The number of methoxy groups -OCH3 is 1. The van der Waals surface area contributed by atoms with Crippen molar-refractivity contribution in [3.05, 3.63) is 29.3 Å². The fourth-order valence-electron chi connectivity index (χ4n) is 1.90. The van der Waals surface area contributed by atoms with E-state index in [1.807, 2.05) is 31.4 Å².